The molecular formula is C15H17N3OS. The minimum absolute atomic E-state index is 0.397. The quantitative estimate of drug-likeness (QED) is 0.875. The van der Waals surface area contributed by atoms with E-state index in [2.05, 4.69) is 6.07 Å². The van der Waals surface area contributed by atoms with Crippen molar-refractivity contribution in [2.75, 3.05) is 11.9 Å². The minimum Gasteiger partial charge on any atom is -0.467 e. The molecule has 0 bridgehead atoms. The molecule has 0 radical (unpaired) electrons. The third kappa shape index (κ3) is 2.41. The Morgan fingerprint density at radius 3 is 3.05 bits per heavy atom. The third-order valence-corrected chi connectivity index (χ3v) is 3.85. The van der Waals surface area contributed by atoms with Gasteiger partial charge in [0, 0.05) is 12.7 Å². The van der Waals surface area contributed by atoms with Crippen LogP contribution < -0.4 is 10.6 Å². The molecule has 2 heterocycles. The lowest BCUT2D eigenvalue weighted by atomic mass is 10.1. The maximum absolute atomic E-state index is 5.86. The second-order valence-corrected chi connectivity index (χ2v) is 5.56. The second-order valence-electron chi connectivity index (χ2n) is 5.12. The molecule has 104 valence electrons. The van der Waals surface area contributed by atoms with Gasteiger partial charge in [-0.05, 0) is 43.0 Å². The van der Waals surface area contributed by atoms with Gasteiger partial charge in [0.15, 0.2) is 0 Å². The van der Waals surface area contributed by atoms with Crippen LogP contribution in [0.15, 0.2) is 28.9 Å². The zero-order valence-corrected chi connectivity index (χ0v) is 12.2. The van der Waals surface area contributed by atoms with E-state index >= 15 is 0 Å². The van der Waals surface area contributed by atoms with E-state index in [4.69, 9.17) is 27.4 Å². The predicted octanol–water partition coefficient (Wildman–Crippen LogP) is 2.43. The van der Waals surface area contributed by atoms with Gasteiger partial charge in [-0.2, -0.15) is 0 Å². The molecule has 1 aliphatic carbocycles. The van der Waals surface area contributed by atoms with Crippen LogP contribution in [0.2, 0.25) is 0 Å². The van der Waals surface area contributed by atoms with Crippen molar-refractivity contribution in [3.05, 3.63) is 47.0 Å². The smallest absolute Gasteiger partial charge is 0.139 e. The number of aromatic nitrogens is 1. The topological polar surface area (TPSA) is 55.3 Å². The summed E-state index contributed by atoms with van der Waals surface area (Å²) in [6.07, 6.45) is 4.94. The monoisotopic (exact) mass is 287 g/mol. The zero-order chi connectivity index (χ0) is 14.1. The lowest BCUT2D eigenvalue weighted by molar-refractivity contribution is 0.507. The summed E-state index contributed by atoms with van der Waals surface area (Å²) in [5.41, 5.74) is 9.17. The van der Waals surface area contributed by atoms with Crippen LogP contribution in [0.3, 0.4) is 0 Å². The van der Waals surface area contributed by atoms with Gasteiger partial charge in [0.25, 0.3) is 0 Å². The summed E-state index contributed by atoms with van der Waals surface area (Å²) < 4.78 is 5.39. The number of nitrogens with two attached hydrogens (primary N) is 1. The van der Waals surface area contributed by atoms with Crippen molar-refractivity contribution in [3.63, 3.8) is 0 Å². The molecule has 0 amide bonds. The Labute approximate surface area is 123 Å². The lowest BCUT2D eigenvalue weighted by Crippen LogP contribution is -2.23. The summed E-state index contributed by atoms with van der Waals surface area (Å²) >= 11 is 5.18. The van der Waals surface area contributed by atoms with E-state index in [1.54, 1.807) is 6.26 Å². The molecule has 2 N–H and O–H groups in total. The highest BCUT2D eigenvalue weighted by Crippen LogP contribution is 2.27. The average Bonchev–Trinajstić information content (AvgIpc) is 3.06. The summed E-state index contributed by atoms with van der Waals surface area (Å²) in [4.78, 5) is 7.20. The molecule has 0 atom stereocenters. The zero-order valence-electron chi connectivity index (χ0n) is 11.4. The number of rotatable bonds is 4. The Kier molecular flexibility index (Phi) is 3.44. The number of thiocarbonyl (C=S) groups is 1. The Hall–Kier alpha value is -1.88. The summed E-state index contributed by atoms with van der Waals surface area (Å²) in [5, 5.41) is 0. The maximum Gasteiger partial charge on any atom is 0.139 e. The van der Waals surface area contributed by atoms with Crippen molar-refractivity contribution in [3.8, 4) is 0 Å². The third-order valence-electron chi connectivity index (χ3n) is 3.63. The first kappa shape index (κ1) is 13.1. The van der Waals surface area contributed by atoms with E-state index < -0.39 is 0 Å². The van der Waals surface area contributed by atoms with Crippen LogP contribution in [0.25, 0.3) is 0 Å². The molecule has 0 aromatic carbocycles. The normalized spacial score (nSPS) is 13.2. The maximum atomic E-state index is 5.86. The first-order valence-corrected chi connectivity index (χ1v) is 7.12. The summed E-state index contributed by atoms with van der Waals surface area (Å²) in [7, 11) is 1.98. The van der Waals surface area contributed by atoms with Gasteiger partial charge < -0.3 is 15.1 Å². The van der Waals surface area contributed by atoms with Gasteiger partial charge in [-0.1, -0.05) is 12.2 Å². The Morgan fingerprint density at radius 1 is 1.50 bits per heavy atom. The van der Waals surface area contributed by atoms with Gasteiger partial charge in [-0.3, -0.25) is 0 Å². The van der Waals surface area contributed by atoms with Crippen LogP contribution in [0.4, 0.5) is 5.82 Å². The largest absolute Gasteiger partial charge is 0.467 e. The molecule has 2 aromatic rings. The average molecular weight is 287 g/mol. The molecule has 0 unspecified atom stereocenters. The molecule has 5 heteroatoms. The molecular weight excluding hydrogens is 270 g/mol. The molecule has 3 rings (SSSR count). The fraction of sp³-hybridized carbons (Fsp3) is 0.333. The number of pyridine rings is 1. The fourth-order valence-electron chi connectivity index (χ4n) is 2.64. The minimum atomic E-state index is 0.397. The molecule has 0 spiro atoms. The van der Waals surface area contributed by atoms with Gasteiger partial charge in [-0.25, -0.2) is 4.98 Å². The van der Waals surface area contributed by atoms with Crippen LogP contribution in [0, 0.1) is 0 Å². The van der Waals surface area contributed by atoms with Crippen molar-refractivity contribution in [1.29, 1.82) is 0 Å². The molecule has 0 saturated carbocycles. The summed E-state index contributed by atoms with van der Waals surface area (Å²) in [6, 6.07) is 5.93. The van der Waals surface area contributed by atoms with Gasteiger partial charge in [0.1, 0.15) is 16.6 Å². The highest BCUT2D eigenvalue weighted by molar-refractivity contribution is 7.80. The number of nitrogens with zero attached hydrogens (tertiary/aromatic N) is 2. The van der Waals surface area contributed by atoms with Crippen molar-refractivity contribution in [2.24, 2.45) is 5.73 Å². The molecule has 0 saturated heterocycles. The van der Waals surface area contributed by atoms with E-state index in [0.29, 0.717) is 11.5 Å². The van der Waals surface area contributed by atoms with Gasteiger partial charge in [0.05, 0.1) is 18.4 Å². The number of anilines is 1. The molecule has 0 fully saturated rings. The fourth-order valence-corrected chi connectivity index (χ4v) is 2.79. The van der Waals surface area contributed by atoms with Gasteiger partial charge in [-0.15, -0.1) is 0 Å². The number of aryl methyl sites for hydroxylation is 2. The van der Waals surface area contributed by atoms with Crippen LogP contribution >= 0.6 is 12.2 Å². The van der Waals surface area contributed by atoms with Crippen molar-refractivity contribution in [1.82, 2.24) is 4.98 Å². The van der Waals surface area contributed by atoms with Crippen LogP contribution in [0.5, 0.6) is 0 Å². The molecule has 2 aromatic heterocycles. The van der Waals surface area contributed by atoms with E-state index in [-0.39, 0.29) is 0 Å². The summed E-state index contributed by atoms with van der Waals surface area (Å²) in [5.74, 6) is 1.73. The Morgan fingerprint density at radius 2 is 2.35 bits per heavy atom. The van der Waals surface area contributed by atoms with Crippen molar-refractivity contribution < 1.29 is 4.42 Å². The number of hydrogen-bond donors (Lipinski definition) is 1. The SMILES string of the molecule is CN(Cc1ccco1)c1nc2c(cc1C(N)=S)CCC2. The standard InChI is InChI=1S/C15H17N3OS/c1-18(9-11-5-3-7-19-11)15-12(14(16)20)8-10-4-2-6-13(10)17-15/h3,5,7-8H,2,4,6,9H2,1H3,(H2,16,20). The van der Waals surface area contributed by atoms with E-state index in [9.17, 15) is 0 Å². The van der Waals surface area contributed by atoms with E-state index in [0.717, 1.165) is 36.4 Å². The second kappa shape index (κ2) is 5.25. The van der Waals surface area contributed by atoms with E-state index in [1.807, 2.05) is 24.1 Å². The summed E-state index contributed by atoms with van der Waals surface area (Å²) in [6.45, 7) is 0.647. The number of furan rings is 1. The predicted molar refractivity (Wildman–Crippen MR) is 83.0 cm³/mol. The molecule has 20 heavy (non-hydrogen) atoms. The highest BCUT2D eigenvalue weighted by Gasteiger charge is 2.20. The molecule has 4 nitrogen and oxygen atoms in total. The number of hydrogen-bond acceptors (Lipinski definition) is 4. The lowest BCUT2D eigenvalue weighted by Gasteiger charge is -2.21. The Bertz CT molecular complexity index is 637. The van der Waals surface area contributed by atoms with Crippen LogP contribution in [-0.2, 0) is 19.4 Å². The van der Waals surface area contributed by atoms with Crippen LogP contribution in [-0.4, -0.2) is 17.0 Å². The van der Waals surface area contributed by atoms with E-state index in [1.165, 1.54) is 11.3 Å². The van der Waals surface area contributed by atoms with Crippen molar-refractivity contribution in [2.45, 2.75) is 25.8 Å². The number of fused-ring (bicyclic) bond motifs is 1. The first-order chi connectivity index (χ1) is 9.65. The first-order valence-electron chi connectivity index (χ1n) is 6.71. The Balaban J connectivity index is 1.96. The molecule has 1 aliphatic rings. The highest BCUT2D eigenvalue weighted by atomic mass is 32.1. The van der Waals surface area contributed by atoms with Crippen LogP contribution in [0.1, 0.15) is 29.0 Å². The van der Waals surface area contributed by atoms with Gasteiger partial charge >= 0.3 is 0 Å². The molecule has 0 aliphatic heterocycles. The van der Waals surface area contributed by atoms with Gasteiger partial charge in [0.2, 0.25) is 0 Å². The van der Waals surface area contributed by atoms with Crippen molar-refractivity contribution >= 4 is 23.0 Å².